The fourth-order valence-corrected chi connectivity index (χ4v) is 4.55. The van der Waals surface area contributed by atoms with Gasteiger partial charge in [0.15, 0.2) is 5.96 Å². The molecule has 7 heteroatoms. The third-order valence-corrected chi connectivity index (χ3v) is 6.52. The summed E-state index contributed by atoms with van der Waals surface area (Å²) in [6.07, 6.45) is 0.962. The van der Waals surface area contributed by atoms with Gasteiger partial charge in [-0.05, 0) is 34.9 Å². The quantitative estimate of drug-likeness (QED) is 0.623. The Morgan fingerprint density at radius 2 is 2.20 bits per heavy atom. The molecular weight excluding hydrogens is 352 g/mol. The van der Waals surface area contributed by atoms with Crippen LogP contribution in [0.25, 0.3) is 0 Å². The normalized spacial score (nSPS) is 15.6. The minimum absolute atomic E-state index is 0.117. The zero-order valence-corrected chi connectivity index (χ0v) is 16.3. The molecule has 2 aromatic rings. The van der Waals surface area contributed by atoms with E-state index in [4.69, 9.17) is 0 Å². The molecule has 2 N–H and O–H groups in total. The average molecular weight is 377 g/mol. The van der Waals surface area contributed by atoms with E-state index in [9.17, 15) is 4.79 Å². The molecule has 1 amide bonds. The lowest BCUT2D eigenvalue weighted by Crippen LogP contribution is -2.46. The molecule has 1 atom stereocenters. The summed E-state index contributed by atoms with van der Waals surface area (Å²) >= 11 is 3.55. The van der Waals surface area contributed by atoms with Gasteiger partial charge in [0.25, 0.3) is 0 Å². The van der Waals surface area contributed by atoms with Gasteiger partial charge in [-0.3, -0.25) is 9.79 Å². The summed E-state index contributed by atoms with van der Waals surface area (Å²) in [5.41, 5.74) is 1.29. The summed E-state index contributed by atoms with van der Waals surface area (Å²) in [7, 11) is 1.73. The van der Waals surface area contributed by atoms with Crippen LogP contribution in [0.1, 0.15) is 28.2 Å². The number of aliphatic imine (C=N–C) groups is 1. The van der Waals surface area contributed by atoms with E-state index in [-0.39, 0.29) is 12.5 Å². The lowest BCUT2D eigenvalue weighted by molar-refractivity contribution is -0.130. The molecule has 25 heavy (non-hydrogen) atoms. The molecule has 0 saturated heterocycles. The lowest BCUT2D eigenvalue weighted by atomic mass is 10.1. The fraction of sp³-hybridized carbons (Fsp3) is 0.444. The first kappa shape index (κ1) is 17.9. The third-order valence-electron chi connectivity index (χ3n) is 4.40. The fourth-order valence-electron chi connectivity index (χ4n) is 2.88. The monoisotopic (exact) mass is 376 g/mol. The number of hydrogen-bond acceptors (Lipinski definition) is 4. The number of guanidine groups is 1. The summed E-state index contributed by atoms with van der Waals surface area (Å²) in [6.45, 7) is 4.77. The first-order valence-corrected chi connectivity index (χ1v) is 10.2. The molecule has 1 aliphatic heterocycles. The first-order valence-electron chi connectivity index (χ1n) is 8.48. The van der Waals surface area contributed by atoms with Gasteiger partial charge in [-0.1, -0.05) is 13.0 Å². The van der Waals surface area contributed by atoms with Crippen molar-refractivity contribution in [2.75, 3.05) is 26.7 Å². The summed E-state index contributed by atoms with van der Waals surface area (Å²) in [6, 6.07) is 6.34. The van der Waals surface area contributed by atoms with Crippen molar-refractivity contribution in [3.63, 3.8) is 0 Å². The number of nitrogens with one attached hydrogen (secondary N) is 2. The number of carbonyl (C=O) groups excluding carboxylic acids is 1. The average Bonchev–Trinajstić information content (AvgIpc) is 3.32. The molecule has 5 nitrogen and oxygen atoms in total. The van der Waals surface area contributed by atoms with Crippen molar-refractivity contribution in [1.82, 2.24) is 15.5 Å². The molecule has 0 aliphatic carbocycles. The van der Waals surface area contributed by atoms with E-state index in [0.717, 1.165) is 26.1 Å². The van der Waals surface area contributed by atoms with Crippen LogP contribution in [-0.2, 0) is 17.8 Å². The van der Waals surface area contributed by atoms with E-state index in [2.05, 4.69) is 51.5 Å². The molecule has 0 aromatic carbocycles. The number of rotatable bonds is 5. The largest absolute Gasteiger partial charge is 0.356 e. The maximum Gasteiger partial charge on any atom is 0.242 e. The van der Waals surface area contributed by atoms with Gasteiger partial charge in [0, 0.05) is 42.4 Å². The van der Waals surface area contributed by atoms with E-state index >= 15 is 0 Å². The molecule has 0 radical (unpaired) electrons. The predicted octanol–water partition coefficient (Wildman–Crippen LogP) is 2.66. The molecule has 3 heterocycles. The highest BCUT2D eigenvalue weighted by Crippen LogP contribution is 2.23. The smallest absolute Gasteiger partial charge is 0.242 e. The van der Waals surface area contributed by atoms with Gasteiger partial charge in [0.2, 0.25) is 5.91 Å². The van der Waals surface area contributed by atoms with Crippen LogP contribution < -0.4 is 10.6 Å². The number of nitrogens with zero attached hydrogens (tertiary/aromatic N) is 2. The minimum Gasteiger partial charge on any atom is -0.356 e. The Morgan fingerprint density at radius 1 is 1.32 bits per heavy atom. The topological polar surface area (TPSA) is 56.7 Å². The van der Waals surface area contributed by atoms with Crippen molar-refractivity contribution < 1.29 is 4.79 Å². The van der Waals surface area contributed by atoms with Crippen LogP contribution in [0, 0.1) is 0 Å². The van der Waals surface area contributed by atoms with Crippen LogP contribution in [0.5, 0.6) is 0 Å². The first-order chi connectivity index (χ1) is 12.2. The van der Waals surface area contributed by atoms with Crippen LogP contribution in [0.3, 0.4) is 0 Å². The second-order valence-corrected chi connectivity index (χ2v) is 8.14. The van der Waals surface area contributed by atoms with Crippen LogP contribution in [0.15, 0.2) is 34.0 Å². The highest BCUT2D eigenvalue weighted by atomic mass is 32.1. The number of hydrogen-bond donors (Lipinski definition) is 2. The van der Waals surface area contributed by atoms with Crippen molar-refractivity contribution in [2.24, 2.45) is 4.99 Å². The molecule has 0 bridgehead atoms. The molecule has 1 unspecified atom stereocenters. The van der Waals surface area contributed by atoms with Crippen molar-refractivity contribution in [2.45, 2.75) is 25.8 Å². The molecule has 1 aliphatic rings. The molecule has 0 fully saturated rings. The van der Waals surface area contributed by atoms with Crippen LogP contribution in [0.4, 0.5) is 0 Å². The molecule has 0 spiro atoms. The molecular formula is C18H24N4OS2. The summed E-state index contributed by atoms with van der Waals surface area (Å²) in [5, 5.41) is 10.6. The van der Waals surface area contributed by atoms with E-state index in [1.54, 1.807) is 29.7 Å². The zero-order chi connectivity index (χ0) is 17.6. The third kappa shape index (κ3) is 4.61. The van der Waals surface area contributed by atoms with Crippen molar-refractivity contribution in [1.29, 1.82) is 0 Å². The molecule has 134 valence electrons. The second-order valence-electron chi connectivity index (χ2n) is 6.16. The van der Waals surface area contributed by atoms with Gasteiger partial charge >= 0.3 is 0 Å². The van der Waals surface area contributed by atoms with E-state index in [1.165, 1.54) is 15.3 Å². The van der Waals surface area contributed by atoms with Gasteiger partial charge in [0.1, 0.15) is 0 Å². The zero-order valence-electron chi connectivity index (χ0n) is 14.6. The number of amides is 1. The molecule has 3 rings (SSSR count). The Morgan fingerprint density at radius 3 is 2.96 bits per heavy atom. The highest BCUT2D eigenvalue weighted by molar-refractivity contribution is 7.10. The van der Waals surface area contributed by atoms with Crippen molar-refractivity contribution in [3.05, 3.63) is 44.3 Å². The second kappa shape index (κ2) is 8.49. The Bertz CT molecular complexity index is 723. The number of thiophene rings is 2. The lowest BCUT2D eigenvalue weighted by Gasteiger charge is -2.27. The Labute approximate surface area is 156 Å². The van der Waals surface area contributed by atoms with E-state index in [1.807, 2.05) is 4.90 Å². The summed E-state index contributed by atoms with van der Waals surface area (Å²) in [5.74, 6) is 1.20. The van der Waals surface area contributed by atoms with E-state index in [0.29, 0.717) is 11.9 Å². The van der Waals surface area contributed by atoms with Gasteiger partial charge < -0.3 is 15.5 Å². The highest BCUT2D eigenvalue weighted by Gasteiger charge is 2.21. The molecule has 2 aromatic heterocycles. The minimum atomic E-state index is 0.117. The van der Waals surface area contributed by atoms with Crippen LogP contribution in [-0.4, -0.2) is 43.4 Å². The standard InChI is InChI=1S/C18H24N4OS2/c1-13(15-4-3-8-24-15)10-20-18(19-2)21-11-17(23)22-7-5-16-14(12-22)6-9-25-16/h3-4,6,8-9,13H,5,7,10-12H2,1-2H3,(H2,19,20,21). The van der Waals surface area contributed by atoms with Crippen LogP contribution >= 0.6 is 22.7 Å². The Balaban J connectivity index is 1.44. The van der Waals surface area contributed by atoms with Crippen molar-refractivity contribution >= 4 is 34.5 Å². The van der Waals surface area contributed by atoms with E-state index < -0.39 is 0 Å². The number of carbonyl (C=O) groups is 1. The number of fused-ring (bicyclic) bond motifs is 1. The van der Waals surface area contributed by atoms with Gasteiger partial charge in [-0.15, -0.1) is 22.7 Å². The Kier molecular flexibility index (Phi) is 6.09. The maximum atomic E-state index is 12.5. The predicted molar refractivity (Wildman–Crippen MR) is 106 cm³/mol. The van der Waals surface area contributed by atoms with Gasteiger partial charge in [-0.25, -0.2) is 0 Å². The summed E-state index contributed by atoms with van der Waals surface area (Å²) in [4.78, 5) is 21.4. The molecule has 0 saturated carbocycles. The van der Waals surface area contributed by atoms with Gasteiger partial charge in [-0.2, -0.15) is 0 Å². The van der Waals surface area contributed by atoms with Gasteiger partial charge in [0.05, 0.1) is 6.54 Å². The Hall–Kier alpha value is -1.86. The summed E-state index contributed by atoms with van der Waals surface area (Å²) < 4.78 is 0. The maximum absolute atomic E-state index is 12.5. The van der Waals surface area contributed by atoms with Crippen molar-refractivity contribution in [3.8, 4) is 0 Å². The SMILES string of the molecule is CN=C(NCC(=O)N1CCc2sccc2C1)NCC(C)c1cccs1. The van der Waals surface area contributed by atoms with Crippen LogP contribution in [0.2, 0.25) is 0 Å².